The first-order chi connectivity index (χ1) is 14.3. The van der Waals surface area contributed by atoms with Crippen molar-refractivity contribution in [3.63, 3.8) is 0 Å². The predicted octanol–water partition coefficient (Wildman–Crippen LogP) is 4.06. The summed E-state index contributed by atoms with van der Waals surface area (Å²) >= 11 is 0. The summed E-state index contributed by atoms with van der Waals surface area (Å²) in [5, 5.41) is 8.61. The van der Waals surface area contributed by atoms with Gasteiger partial charge in [-0.05, 0) is 61.4 Å². The van der Waals surface area contributed by atoms with E-state index in [0.29, 0.717) is 12.0 Å². The average Bonchev–Trinajstić information content (AvgIpc) is 2.77. The van der Waals surface area contributed by atoms with E-state index in [1.54, 1.807) is 0 Å². The fourth-order valence-corrected chi connectivity index (χ4v) is 5.03. The van der Waals surface area contributed by atoms with Gasteiger partial charge < -0.3 is 10.6 Å². The lowest BCUT2D eigenvalue weighted by atomic mass is 9.77. The molecule has 3 aromatic rings. The highest BCUT2D eigenvalue weighted by Gasteiger charge is 2.42. The van der Waals surface area contributed by atoms with Gasteiger partial charge in [-0.3, -0.25) is 9.88 Å². The molecule has 3 fully saturated rings. The number of rotatable bonds is 4. The van der Waals surface area contributed by atoms with E-state index in [-0.39, 0.29) is 12.1 Å². The van der Waals surface area contributed by atoms with Crippen molar-refractivity contribution in [2.24, 2.45) is 5.92 Å². The van der Waals surface area contributed by atoms with Crippen LogP contribution in [0, 0.1) is 5.92 Å². The van der Waals surface area contributed by atoms with Gasteiger partial charge in [-0.2, -0.15) is 0 Å². The molecule has 2 N–H and O–H groups in total. The molecule has 6 rings (SSSR count). The Kier molecular flexibility index (Phi) is 4.90. The zero-order chi connectivity index (χ0) is 19.6. The molecule has 2 bridgehead atoms. The normalized spacial score (nSPS) is 25.7. The van der Waals surface area contributed by atoms with Gasteiger partial charge in [0.1, 0.15) is 0 Å². The first kappa shape index (κ1) is 18.1. The lowest BCUT2D eigenvalue weighted by Crippen LogP contribution is -2.64. The van der Waals surface area contributed by atoms with Crippen LogP contribution in [-0.4, -0.2) is 41.1 Å². The van der Waals surface area contributed by atoms with Crippen LogP contribution in [0.5, 0.6) is 0 Å². The van der Waals surface area contributed by atoms with Gasteiger partial charge in [-0.1, -0.05) is 42.5 Å². The Hall–Kier alpha value is -2.92. The minimum Gasteiger partial charge on any atom is -0.333 e. The second kappa shape index (κ2) is 7.84. The number of fused-ring (bicyclic) bond motifs is 4. The maximum atomic E-state index is 12.9. The first-order valence-electron chi connectivity index (χ1n) is 10.5. The number of hydrogen-bond donors (Lipinski definition) is 2. The Balaban J connectivity index is 1.34. The molecule has 2 atom stereocenters. The van der Waals surface area contributed by atoms with Crippen LogP contribution in [0.1, 0.15) is 18.4 Å². The van der Waals surface area contributed by atoms with Gasteiger partial charge in [0.05, 0.1) is 5.69 Å². The average molecular weight is 386 g/mol. The van der Waals surface area contributed by atoms with E-state index >= 15 is 0 Å². The Morgan fingerprint density at radius 1 is 1.03 bits per heavy atom. The Morgan fingerprint density at radius 2 is 1.86 bits per heavy atom. The van der Waals surface area contributed by atoms with E-state index in [2.05, 4.69) is 38.7 Å². The minimum absolute atomic E-state index is 0.115. The quantitative estimate of drug-likeness (QED) is 0.711. The number of nitrogens with one attached hydrogen (secondary N) is 2. The maximum absolute atomic E-state index is 12.9. The Bertz CT molecular complexity index is 993. The number of amides is 2. The zero-order valence-electron chi connectivity index (χ0n) is 16.4. The number of urea groups is 1. The van der Waals surface area contributed by atoms with Crippen LogP contribution in [0.15, 0.2) is 67.0 Å². The fourth-order valence-electron chi connectivity index (χ4n) is 5.03. The maximum Gasteiger partial charge on any atom is 0.319 e. The molecule has 3 aliphatic rings. The largest absolute Gasteiger partial charge is 0.333 e. The molecule has 3 aliphatic heterocycles. The fraction of sp³-hybridized carbons (Fsp3) is 0.333. The van der Waals surface area contributed by atoms with Crippen LogP contribution in [0.3, 0.4) is 0 Å². The van der Waals surface area contributed by atoms with Crippen LogP contribution >= 0.6 is 0 Å². The summed E-state index contributed by atoms with van der Waals surface area (Å²) in [6.45, 7) is 2.25. The molecule has 0 saturated carbocycles. The molecule has 29 heavy (non-hydrogen) atoms. The first-order valence-corrected chi connectivity index (χ1v) is 10.5. The zero-order valence-corrected chi connectivity index (χ0v) is 16.4. The van der Waals surface area contributed by atoms with Crippen molar-refractivity contribution in [1.29, 1.82) is 0 Å². The summed E-state index contributed by atoms with van der Waals surface area (Å²) in [6.07, 6.45) is 6.98. The second-order valence-electron chi connectivity index (χ2n) is 8.16. The molecule has 2 unspecified atom stereocenters. The van der Waals surface area contributed by atoms with Crippen molar-refractivity contribution in [1.82, 2.24) is 15.2 Å². The number of carbonyl (C=O) groups is 1. The highest BCUT2D eigenvalue weighted by Crippen LogP contribution is 2.34. The minimum atomic E-state index is -0.115. The molecule has 5 heteroatoms. The predicted molar refractivity (Wildman–Crippen MR) is 116 cm³/mol. The summed E-state index contributed by atoms with van der Waals surface area (Å²) in [5.41, 5.74) is 2.08. The number of benzene rings is 2. The van der Waals surface area contributed by atoms with Crippen LogP contribution < -0.4 is 10.6 Å². The number of aromatic nitrogens is 1. The van der Waals surface area contributed by atoms with Gasteiger partial charge in [-0.25, -0.2) is 4.79 Å². The second-order valence-corrected chi connectivity index (χ2v) is 8.16. The van der Waals surface area contributed by atoms with Gasteiger partial charge in [0.15, 0.2) is 0 Å². The van der Waals surface area contributed by atoms with Crippen molar-refractivity contribution in [3.05, 3.63) is 72.6 Å². The van der Waals surface area contributed by atoms with E-state index in [1.165, 1.54) is 5.56 Å². The van der Waals surface area contributed by atoms with E-state index in [9.17, 15) is 4.79 Å². The molecular weight excluding hydrogens is 360 g/mol. The number of nitrogens with zero attached hydrogens (tertiary/aromatic N) is 2. The molecule has 0 aliphatic carbocycles. The molecule has 5 nitrogen and oxygen atoms in total. The van der Waals surface area contributed by atoms with Crippen LogP contribution in [0.2, 0.25) is 0 Å². The number of pyridine rings is 1. The number of carbonyl (C=O) groups excluding carboxylic acids is 1. The monoisotopic (exact) mass is 386 g/mol. The molecule has 148 valence electrons. The summed E-state index contributed by atoms with van der Waals surface area (Å²) in [4.78, 5) is 19.7. The molecule has 2 amide bonds. The number of piperidine rings is 3. The summed E-state index contributed by atoms with van der Waals surface area (Å²) in [5.74, 6) is 0.542. The SMILES string of the molecule is O=C(Nc1cccc2ccccc12)NC1C2CCN(CC2)C1Cc1cccnc1. The lowest BCUT2D eigenvalue weighted by Gasteiger charge is -2.51. The standard InChI is InChI=1S/C24H26N4O/c29-24(26-21-9-3-7-18-6-1-2-8-20(18)21)27-23-19-10-13-28(14-11-19)22(23)15-17-5-4-12-25-16-17/h1-9,12,16,19,22-23H,10-11,13-15H2,(H2,26,27,29). The molecular formula is C24H26N4O. The third-order valence-corrected chi connectivity index (χ3v) is 6.47. The third-order valence-electron chi connectivity index (χ3n) is 6.47. The number of hydrogen-bond acceptors (Lipinski definition) is 3. The topological polar surface area (TPSA) is 57.3 Å². The smallest absolute Gasteiger partial charge is 0.319 e. The van der Waals surface area contributed by atoms with Crippen molar-refractivity contribution >= 4 is 22.5 Å². The summed E-state index contributed by atoms with van der Waals surface area (Å²) < 4.78 is 0. The van der Waals surface area contributed by atoms with E-state index in [1.807, 2.05) is 48.8 Å². The Morgan fingerprint density at radius 3 is 2.69 bits per heavy atom. The van der Waals surface area contributed by atoms with Crippen LogP contribution in [-0.2, 0) is 6.42 Å². The third kappa shape index (κ3) is 3.70. The molecule has 2 aromatic carbocycles. The highest BCUT2D eigenvalue weighted by molar-refractivity contribution is 6.01. The number of anilines is 1. The van der Waals surface area contributed by atoms with Gasteiger partial charge in [-0.15, -0.1) is 0 Å². The summed E-state index contributed by atoms with van der Waals surface area (Å²) in [6, 6.07) is 18.6. The van der Waals surface area contributed by atoms with Crippen molar-refractivity contribution in [3.8, 4) is 0 Å². The summed E-state index contributed by atoms with van der Waals surface area (Å²) in [7, 11) is 0. The Labute approximate surface area is 171 Å². The van der Waals surface area contributed by atoms with E-state index < -0.39 is 0 Å². The molecule has 1 aromatic heterocycles. The molecule has 0 spiro atoms. The van der Waals surface area contributed by atoms with Crippen molar-refractivity contribution < 1.29 is 4.79 Å². The van der Waals surface area contributed by atoms with E-state index in [0.717, 1.165) is 48.8 Å². The van der Waals surface area contributed by atoms with Crippen LogP contribution in [0.4, 0.5) is 10.5 Å². The molecule has 0 radical (unpaired) electrons. The highest BCUT2D eigenvalue weighted by atomic mass is 16.2. The molecule has 4 heterocycles. The van der Waals surface area contributed by atoms with Crippen molar-refractivity contribution in [2.75, 3.05) is 18.4 Å². The van der Waals surface area contributed by atoms with Gasteiger partial charge in [0.2, 0.25) is 0 Å². The van der Waals surface area contributed by atoms with Gasteiger partial charge >= 0.3 is 6.03 Å². The van der Waals surface area contributed by atoms with Gasteiger partial charge in [0, 0.05) is 29.9 Å². The molecule has 3 saturated heterocycles. The van der Waals surface area contributed by atoms with Gasteiger partial charge in [0.25, 0.3) is 0 Å². The lowest BCUT2D eigenvalue weighted by molar-refractivity contribution is 0.0184. The van der Waals surface area contributed by atoms with E-state index in [4.69, 9.17) is 0 Å². The van der Waals surface area contributed by atoms with Crippen molar-refractivity contribution in [2.45, 2.75) is 31.3 Å². The van der Waals surface area contributed by atoms with Crippen LogP contribution in [0.25, 0.3) is 10.8 Å².